The standard InChI is InChI=1S/C27H28ClN3O3S/c28-22-4-5-23(29-14-22)18-34-25-7-8-31(27(33)13-25)24-6-3-20-11-19(1-2-21(20)12-24)15-30-9-10-35-26(16-30)17-32/h1-2,4-5,7-8,11-14,26,32H,3,6,9-10,15-18H2/t26-/m1/s1. The second kappa shape index (κ2) is 11.0. The summed E-state index contributed by atoms with van der Waals surface area (Å²) in [6.07, 6.45) is 7.18. The van der Waals surface area contributed by atoms with Crippen molar-refractivity contribution in [2.45, 2.75) is 31.2 Å². The molecule has 5 rings (SSSR count). The van der Waals surface area contributed by atoms with E-state index < -0.39 is 0 Å². The molecule has 6 nitrogen and oxygen atoms in total. The summed E-state index contributed by atoms with van der Waals surface area (Å²) < 4.78 is 7.44. The number of thioether (sulfide) groups is 1. The van der Waals surface area contributed by atoms with Crippen LogP contribution in [0.1, 0.15) is 28.8 Å². The van der Waals surface area contributed by atoms with Crippen LogP contribution in [0.25, 0.3) is 11.8 Å². The number of aromatic nitrogens is 2. The SMILES string of the molecule is O=c1cc(OCc2ccc(Cl)cn2)ccn1C1=Cc2ccc(CN3CCS[C@@H](CO)C3)cc2CC1. The molecule has 35 heavy (non-hydrogen) atoms. The Kier molecular flexibility index (Phi) is 7.58. The minimum atomic E-state index is -0.112. The van der Waals surface area contributed by atoms with Crippen LogP contribution < -0.4 is 10.3 Å². The lowest BCUT2D eigenvalue weighted by Gasteiger charge is -2.31. The lowest BCUT2D eigenvalue weighted by Crippen LogP contribution is -2.38. The van der Waals surface area contributed by atoms with Gasteiger partial charge in [0.25, 0.3) is 5.56 Å². The van der Waals surface area contributed by atoms with Crippen LogP contribution in [0.4, 0.5) is 0 Å². The van der Waals surface area contributed by atoms with Crippen molar-refractivity contribution >= 4 is 35.1 Å². The summed E-state index contributed by atoms with van der Waals surface area (Å²) in [7, 11) is 0. The van der Waals surface area contributed by atoms with E-state index in [1.54, 1.807) is 29.1 Å². The average Bonchev–Trinajstić information content (AvgIpc) is 2.88. The lowest BCUT2D eigenvalue weighted by atomic mass is 9.93. The van der Waals surface area contributed by atoms with Crippen molar-refractivity contribution in [2.75, 3.05) is 25.4 Å². The van der Waals surface area contributed by atoms with Gasteiger partial charge in [0.1, 0.15) is 12.4 Å². The Morgan fingerprint density at radius 3 is 2.89 bits per heavy atom. The molecule has 3 aromatic rings. The summed E-state index contributed by atoms with van der Waals surface area (Å²) in [6, 6.07) is 13.5. The van der Waals surface area contributed by atoms with Gasteiger partial charge >= 0.3 is 0 Å². The molecule has 2 aromatic heterocycles. The van der Waals surface area contributed by atoms with Gasteiger partial charge in [-0.2, -0.15) is 11.8 Å². The molecule has 0 bridgehead atoms. The van der Waals surface area contributed by atoms with Gasteiger partial charge in [0.2, 0.25) is 0 Å². The number of halogens is 1. The van der Waals surface area contributed by atoms with Crippen molar-refractivity contribution in [1.29, 1.82) is 0 Å². The number of aliphatic hydroxyl groups is 1. The summed E-state index contributed by atoms with van der Waals surface area (Å²) in [5.41, 5.74) is 5.41. The van der Waals surface area contributed by atoms with Crippen LogP contribution in [0, 0.1) is 0 Å². The Hall–Kier alpha value is -2.58. The molecule has 1 fully saturated rings. The molecule has 1 aliphatic carbocycles. The van der Waals surface area contributed by atoms with Gasteiger partial charge in [-0.3, -0.25) is 19.2 Å². The number of hydrogen-bond acceptors (Lipinski definition) is 6. The van der Waals surface area contributed by atoms with Gasteiger partial charge in [0, 0.05) is 54.8 Å². The van der Waals surface area contributed by atoms with E-state index in [2.05, 4.69) is 34.2 Å². The van der Waals surface area contributed by atoms with Gasteiger partial charge in [-0.05, 0) is 53.8 Å². The van der Waals surface area contributed by atoms with Crippen molar-refractivity contribution in [2.24, 2.45) is 0 Å². The highest BCUT2D eigenvalue weighted by Crippen LogP contribution is 2.28. The molecule has 1 aliphatic heterocycles. The molecule has 1 atom stereocenters. The Morgan fingerprint density at radius 1 is 1.17 bits per heavy atom. The monoisotopic (exact) mass is 509 g/mol. The molecule has 3 heterocycles. The first-order valence-corrected chi connectivity index (χ1v) is 13.2. The van der Waals surface area contributed by atoms with Crippen LogP contribution in [-0.4, -0.2) is 50.3 Å². The van der Waals surface area contributed by atoms with Crippen molar-refractivity contribution < 1.29 is 9.84 Å². The van der Waals surface area contributed by atoms with E-state index in [1.165, 1.54) is 22.8 Å². The van der Waals surface area contributed by atoms with Crippen molar-refractivity contribution in [3.8, 4) is 5.75 Å². The molecule has 0 radical (unpaired) electrons. The maximum atomic E-state index is 12.8. The molecule has 0 amide bonds. The van der Waals surface area contributed by atoms with Gasteiger partial charge in [0.15, 0.2) is 0 Å². The smallest absolute Gasteiger partial charge is 0.258 e. The normalized spacial score (nSPS) is 18.1. The van der Waals surface area contributed by atoms with Crippen LogP contribution >= 0.6 is 23.4 Å². The maximum Gasteiger partial charge on any atom is 0.258 e. The van der Waals surface area contributed by atoms with Crippen LogP contribution in [-0.2, 0) is 19.6 Å². The predicted octanol–water partition coefficient (Wildman–Crippen LogP) is 4.33. The van der Waals surface area contributed by atoms with Crippen molar-refractivity contribution in [3.05, 3.63) is 92.6 Å². The zero-order valence-corrected chi connectivity index (χ0v) is 21.0. The van der Waals surface area contributed by atoms with E-state index in [0.717, 1.165) is 49.6 Å². The van der Waals surface area contributed by atoms with Gasteiger partial charge in [-0.15, -0.1) is 0 Å². The fourth-order valence-corrected chi connectivity index (χ4v) is 5.78. The zero-order valence-electron chi connectivity index (χ0n) is 19.4. The van der Waals surface area contributed by atoms with Gasteiger partial charge in [0.05, 0.1) is 17.3 Å². The number of nitrogens with zero attached hydrogens (tertiary/aromatic N) is 3. The molecular formula is C27H28ClN3O3S. The molecule has 8 heteroatoms. The van der Waals surface area contributed by atoms with E-state index in [1.807, 2.05) is 17.8 Å². The number of pyridine rings is 2. The largest absolute Gasteiger partial charge is 0.487 e. The summed E-state index contributed by atoms with van der Waals surface area (Å²) in [6.45, 7) is 3.41. The Bertz CT molecular complexity index is 1280. The molecular weight excluding hydrogens is 482 g/mol. The first-order chi connectivity index (χ1) is 17.1. The third-order valence-electron chi connectivity index (χ3n) is 6.39. The van der Waals surface area contributed by atoms with Gasteiger partial charge in [-0.1, -0.05) is 29.8 Å². The summed E-state index contributed by atoms with van der Waals surface area (Å²) in [5, 5.41) is 10.4. The van der Waals surface area contributed by atoms with E-state index >= 15 is 0 Å². The molecule has 0 spiro atoms. The van der Waals surface area contributed by atoms with Gasteiger partial charge in [-0.25, -0.2) is 0 Å². The third kappa shape index (κ3) is 5.98. The number of fused-ring (bicyclic) bond motifs is 1. The van der Waals surface area contributed by atoms with Gasteiger partial charge < -0.3 is 9.84 Å². The molecule has 0 saturated carbocycles. The lowest BCUT2D eigenvalue weighted by molar-refractivity contribution is 0.225. The molecule has 0 unspecified atom stereocenters. The number of benzene rings is 1. The first kappa shape index (κ1) is 24.1. The molecule has 2 aliphatic rings. The second-order valence-corrected chi connectivity index (χ2v) is 10.8. The van der Waals surface area contributed by atoms with Crippen LogP contribution in [0.15, 0.2) is 59.7 Å². The quantitative estimate of drug-likeness (QED) is 0.511. The fraction of sp³-hybridized carbons (Fsp3) is 0.333. The van der Waals surface area contributed by atoms with E-state index in [4.69, 9.17) is 16.3 Å². The second-order valence-electron chi connectivity index (χ2n) is 8.91. The summed E-state index contributed by atoms with van der Waals surface area (Å²) >= 11 is 7.73. The number of hydrogen-bond donors (Lipinski definition) is 1. The van der Waals surface area contributed by atoms with Crippen LogP contribution in [0.3, 0.4) is 0 Å². The molecule has 1 N–H and O–H groups in total. The highest BCUT2D eigenvalue weighted by molar-refractivity contribution is 8.00. The summed E-state index contributed by atoms with van der Waals surface area (Å²) in [5.74, 6) is 1.59. The Morgan fingerprint density at radius 2 is 2.09 bits per heavy atom. The first-order valence-electron chi connectivity index (χ1n) is 11.8. The third-order valence-corrected chi connectivity index (χ3v) is 7.80. The van der Waals surface area contributed by atoms with Crippen molar-refractivity contribution in [3.63, 3.8) is 0 Å². The number of allylic oxidation sites excluding steroid dienone is 1. The Balaban J connectivity index is 1.26. The number of aliphatic hydroxyl groups excluding tert-OH is 1. The van der Waals surface area contributed by atoms with E-state index in [0.29, 0.717) is 16.0 Å². The minimum absolute atomic E-state index is 0.112. The highest BCUT2D eigenvalue weighted by atomic mass is 35.5. The minimum Gasteiger partial charge on any atom is -0.487 e. The zero-order chi connectivity index (χ0) is 24.2. The molecule has 1 saturated heterocycles. The van der Waals surface area contributed by atoms with Crippen molar-refractivity contribution in [1.82, 2.24) is 14.5 Å². The Labute approximate surface area is 214 Å². The molecule has 182 valence electrons. The number of aryl methyl sites for hydroxylation is 1. The molecule has 1 aromatic carbocycles. The number of rotatable bonds is 7. The highest BCUT2D eigenvalue weighted by Gasteiger charge is 2.20. The fourth-order valence-electron chi connectivity index (χ4n) is 4.55. The van der Waals surface area contributed by atoms with E-state index in [9.17, 15) is 9.90 Å². The van der Waals surface area contributed by atoms with E-state index in [-0.39, 0.29) is 18.8 Å². The number of ether oxygens (including phenoxy) is 1. The van der Waals surface area contributed by atoms with Crippen LogP contribution in [0.5, 0.6) is 5.75 Å². The average molecular weight is 510 g/mol. The predicted molar refractivity (Wildman–Crippen MR) is 142 cm³/mol. The topological polar surface area (TPSA) is 67.6 Å². The summed E-state index contributed by atoms with van der Waals surface area (Å²) in [4.78, 5) is 19.5. The van der Waals surface area contributed by atoms with Crippen LogP contribution in [0.2, 0.25) is 5.02 Å². The maximum absolute atomic E-state index is 12.8.